The molecule has 0 unspecified atom stereocenters. The first-order valence-electron chi connectivity index (χ1n) is 14.1. The minimum atomic E-state index is -0.390. The van der Waals surface area contributed by atoms with E-state index in [9.17, 15) is 9.59 Å². The average molecular weight is 543 g/mol. The van der Waals surface area contributed by atoms with Crippen LogP contribution >= 0.6 is 0 Å². The zero-order valence-corrected chi connectivity index (χ0v) is 24.6. The van der Waals surface area contributed by atoms with E-state index in [0.29, 0.717) is 23.4 Å². The number of carbonyl (C=O) groups excluding carboxylic acids is 2. The maximum Gasteiger partial charge on any atom is 0.308 e. The maximum absolute atomic E-state index is 13.1. The zero-order valence-electron chi connectivity index (χ0n) is 24.6. The first-order chi connectivity index (χ1) is 19.3. The van der Waals surface area contributed by atoms with Crippen molar-refractivity contribution in [2.45, 2.75) is 60.0 Å². The highest BCUT2D eigenvalue weighted by Crippen LogP contribution is 2.27. The number of nitrogens with one attached hydrogen (secondary N) is 1. The number of benzene rings is 3. The molecule has 0 radical (unpaired) electrons. The van der Waals surface area contributed by atoms with Gasteiger partial charge >= 0.3 is 5.97 Å². The first-order valence-corrected chi connectivity index (χ1v) is 14.1. The van der Waals surface area contributed by atoms with Gasteiger partial charge in [-0.25, -0.2) is 0 Å². The Hall–Kier alpha value is -3.90. The summed E-state index contributed by atoms with van der Waals surface area (Å²) >= 11 is 0. The summed E-state index contributed by atoms with van der Waals surface area (Å²) in [5.41, 5.74) is 5.18. The fraction of sp³-hybridized carbons (Fsp3) is 0.353. The van der Waals surface area contributed by atoms with Crippen molar-refractivity contribution in [3.8, 4) is 22.6 Å². The lowest BCUT2D eigenvalue weighted by Gasteiger charge is -2.29. The average Bonchev–Trinajstić information content (AvgIpc) is 2.95. The Kier molecular flexibility index (Phi) is 11.5. The number of piperidine rings is 1. The van der Waals surface area contributed by atoms with Crippen LogP contribution in [-0.4, -0.2) is 43.0 Å². The number of nitrogens with zero attached hydrogens (tertiary/aromatic N) is 1. The molecule has 1 fully saturated rings. The fourth-order valence-electron chi connectivity index (χ4n) is 4.45. The topological polar surface area (TPSA) is 67.9 Å². The molecular weight excluding hydrogens is 500 g/mol. The molecule has 0 aliphatic carbocycles. The summed E-state index contributed by atoms with van der Waals surface area (Å²) < 4.78 is 11.5. The van der Waals surface area contributed by atoms with E-state index in [-0.39, 0.29) is 18.0 Å². The second-order valence-corrected chi connectivity index (χ2v) is 10.1. The van der Waals surface area contributed by atoms with Gasteiger partial charge in [0.2, 0.25) is 0 Å². The predicted octanol–water partition coefficient (Wildman–Crippen LogP) is 7.54. The van der Waals surface area contributed by atoms with Crippen molar-refractivity contribution >= 4 is 17.6 Å². The van der Waals surface area contributed by atoms with Crippen LogP contribution < -0.4 is 14.8 Å². The lowest BCUT2D eigenvalue weighted by Crippen LogP contribution is -2.35. The van der Waals surface area contributed by atoms with Crippen LogP contribution in [0.15, 0.2) is 78.4 Å². The Morgan fingerprint density at radius 2 is 1.62 bits per heavy atom. The number of allylic oxidation sites excluding steroid dienone is 2. The molecule has 1 heterocycles. The molecule has 1 aliphatic rings. The molecule has 1 saturated heterocycles. The molecule has 40 heavy (non-hydrogen) atoms. The number of ether oxygens (including phenoxy) is 2. The van der Waals surface area contributed by atoms with E-state index in [1.807, 2.05) is 70.2 Å². The van der Waals surface area contributed by atoms with E-state index in [2.05, 4.69) is 29.4 Å². The quantitative estimate of drug-likeness (QED) is 0.181. The highest BCUT2D eigenvalue weighted by atomic mass is 16.5. The maximum atomic E-state index is 13.1. The molecule has 6 heteroatoms. The fourth-order valence-corrected chi connectivity index (χ4v) is 4.45. The van der Waals surface area contributed by atoms with Gasteiger partial charge < -0.3 is 19.7 Å². The molecule has 0 aromatic heterocycles. The van der Waals surface area contributed by atoms with E-state index in [0.717, 1.165) is 53.9 Å². The third-order valence-corrected chi connectivity index (χ3v) is 6.58. The van der Waals surface area contributed by atoms with Crippen LogP contribution in [0.5, 0.6) is 11.5 Å². The number of carbonyl (C=O) groups is 2. The molecule has 4 rings (SSSR count). The van der Waals surface area contributed by atoms with Crippen LogP contribution in [0.4, 0.5) is 5.69 Å². The summed E-state index contributed by atoms with van der Waals surface area (Å²) in [7, 11) is 2.14. The van der Waals surface area contributed by atoms with Crippen molar-refractivity contribution in [2.24, 2.45) is 0 Å². The van der Waals surface area contributed by atoms with Crippen LogP contribution in [0.3, 0.4) is 0 Å². The van der Waals surface area contributed by atoms with Crippen molar-refractivity contribution < 1.29 is 19.1 Å². The number of hydrogen-bond acceptors (Lipinski definition) is 5. The Morgan fingerprint density at radius 3 is 2.27 bits per heavy atom. The van der Waals surface area contributed by atoms with Crippen LogP contribution in [0.2, 0.25) is 0 Å². The van der Waals surface area contributed by atoms with Gasteiger partial charge in [-0.05, 0) is 99.3 Å². The number of hydrogen-bond donors (Lipinski definition) is 1. The SMILES string of the molecule is CC.CC(=O)Oc1ccc(C(=O)Nc2cccc(-c3ccc(OC4CCN(C)CC4)cc3)c2)cc1CC=C(C)C. The lowest BCUT2D eigenvalue weighted by molar-refractivity contribution is -0.131. The molecule has 1 amide bonds. The molecule has 3 aromatic carbocycles. The minimum Gasteiger partial charge on any atom is -0.490 e. The van der Waals surface area contributed by atoms with Gasteiger partial charge in [-0.3, -0.25) is 9.59 Å². The van der Waals surface area contributed by atoms with Gasteiger partial charge in [0.15, 0.2) is 0 Å². The van der Waals surface area contributed by atoms with Crippen molar-refractivity contribution in [1.82, 2.24) is 4.90 Å². The number of esters is 1. The van der Waals surface area contributed by atoms with E-state index < -0.39 is 0 Å². The molecule has 0 bridgehead atoms. The molecular formula is C34H42N2O4. The van der Waals surface area contributed by atoms with Crippen molar-refractivity contribution in [3.63, 3.8) is 0 Å². The number of rotatable bonds is 8. The summed E-state index contributed by atoms with van der Waals surface area (Å²) in [4.78, 5) is 26.9. The number of anilines is 1. The highest BCUT2D eigenvalue weighted by Gasteiger charge is 2.18. The van der Waals surface area contributed by atoms with Gasteiger partial charge in [0, 0.05) is 31.3 Å². The smallest absolute Gasteiger partial charge is 0.308 e. The molecule has 0 spiro atoms. The standard InChI is InChI=1S/C32H36N2O4.C2H6/c1-22(2)8-9-26-20-27(12-15-31(26)37-23(3)35)32(36)33-28-7-5-6-25(21-28)24-10-13-29(14-11-24)38-30-16-18-34(4)19-17-30;1-2/h5-8,10-15,20-21,30H,9,16-19H2,1-4H3,(H,33,36);1-2H3. The summed E-state index contributed by atoms with van der Waals surface area (Å²) in [6.07, 6.45) is 4.96. The van der Waals surface area contributed by atoms with Crippen molar-refractivity contribution in [2.75, 3.05) is 25.5 Å². The second kappa shape index (κ2) is 15.0. The van der Waals surface area contributed by atoms with E-state index in [1.165, 1.54) is 6.92 Å². The van der Waals surface area contributed by atoms with Gasteiger partial charge in [-0.1, -0.05) is 49.8 Å². The summed E-state index contributed by atoms with van der Waals surface area (Å²) in [6, 6.07) is 21.0. The summed E-state index contributed by atoms with van der Waals surface area (Å²) in [5, 5.41) is 3.00. The number of amides is 1. The van der Waals surface area contributed by atoms with E-state index >= 15 is 0 Å². The molecule has 212 valence electrons. The van der Waals surface area contributed by atoms with Gasteiger partial charge in [-0.15, -0.1) is 0 Å². The molecule has 1 N–H and O–H groups in total. The van der Waals surface area contributed by atoms with Crippen LogP contribution in [0.1, 0.15) is 63.4 Å². The van der Waals surface area contributed by atoms with Gasteiger partial charge in [0.25, 0.3) is 5.91 Å². The van der Waals surface area contributed by atoms with Crippen LogP contribution in [-0.2, 0) is 11.2 Å². The molecule has 0 atom stereocenters. The summed E-state index contributed by atoms with van der Waals surface area (Å²) in [6.45, 7) is 11.5. The Labute approximate surface area is 239 Å². The van der Waals surface area contributed by atoms with E-state index in [4.69, 9.17) is 9.47 Å². The molecule has 3 aromatic rings. The highest BCUT2D eigenvalue weighted by molar-refractivity contribution is 6.04. The van der Waals surface area contributed by atoms with Crippen molar-refractivity contribution in [3.05, 3.63) is 89.5 Å². The molecule has 1 aliphatic heterocycles. The monoisotopic (exact) mass is 542 g/mol. The first kappa shape index (κ1) is 30.6. The molecule has 0 saturated carbocycles. The number of likely N-dealkylation sites (tertiary alicyclic amines) is 1. The zero-order chi connectivity index (χ0) is 29.1. The van der Waals surface area contributed by atoms with Gasteiger partial charge in [0.05, 0.1) is 0 Å². The predicted molar refractivity (Wildman–Crippen MR) is 163 cm³/mol. The van der Waals surface area contributed by atoms with Crippen LogP contribution in [0.25, 0.3) is 11.1 Å². The summed E-state index contributed by atoms with van der Waals surface area (Å²) in [5.74, 6) is 0.737. The van der Waals surface area contributed by atoms with Crippen molar-refractivity contribution in [1.29, 1.82) is 0 Å². The lowest BCUT2D eigenvalue weighted by atomic mass is 10.0. The van der Waals surface area contributed by atoms with Gasteiger partial charge in [-0.2, -0.15) is 0 Å². The normalized spacial score (nSPS) is 13.4. The van der Waals surface area contributed by atoms with E-state index in [1.54, 1.807) is 18.2 Å². The molecule has 6 nitrogen and oxygen atoms in total. The largest absolute Gasteiger partial charge is 0.490 e. The second-order valence-electron chi connectivity index (χ2n) is 10.1. The minimum absolute atomic E-state index is 0.225. The Morgan fingerprint density at radius 1 is 0.925 bits per heavy atom. The Balaban J connectivity index is 0.00000216. The van der Waals surface area contributed by atoms with Gasteiger partial charge in [0.1, 0.15) is 17.6 Å². The Bertz CT molecular complexity index is 1300. The third-order valence-electron chi connectivity index (χ3n) is 6.58. The third kappa shape index (κ3) is 9.09. The van der Waals surface area contributed by atoms with Crippen LogP contribution in [0, 0.1) is 0 Å².